The molecule has 3 rings (SSSR count). The van der Waals surface area contributed by atoms with Crippen LogP contribution in [0.1, 0.15) is 25.3 Å². The first-order chi connectivity index (χ1) is 9.65. The molecule has 2 aliphatic heterocycles. The molecule has 1 aromatic rings. The average molecular weight is 290 g/mol. The topological polar surface area (TPSA) is 48.5 Å². The van der Waals surface area contributed by atoms with E-state index >= 15 is 0 Å². The third-order valence-electron chi connectivity index (χ3n) is 3.80. The summed E-state index contributed by atoms with van der Waals surface area (Å²) in [4.78, 5) is 20.3. The van der Waals surface area contributed by atoms with Gasteiger partial charge in [-0.3, -0.25) is 9.69 Å². The first-order valence-corrected chi connectivity index (χ1v) is 7.38. The number of carbonyl (C=O) groups is 1. The minimum atomic E-state index is -0.223. The van der Waals surface area contributed by atoms with Gasteiger partial charge in [-0.15, -0.1) is 0 Å². The number of hydrogen-bond acceptors (Lipinski definition) is 4. The molecule has 2 saturated heterocycles. The van der Waals surface area contributed by atoms with E-state index in [1.807, 2.05) is 25.3 Å². The molecule has 1 amide bonds. The fourth-order valence-electron chi connectivity index (χ4n) is 2.63. The van der Waals surface area contributed by atoms with Crippen LogP contribution in [0, 0.1) is 0 Å². The SMILES string of the molecule is C[C@H]1NC(=S)N(Cc2ccc(N3CCCC3)nc2)C1=O. The standard InChI is InChI=1S/C14H18N4OS/c1-10-13(19)18(14(20)16-10)9-11-4-5-12(15-8-11)17-6-2-3-7-17/h4-5,8,10H,2-3,6-7,9H2,1H3,(H,16,20)/t10-/m1/s1. The molecule has 1 N–H and O–H groups in total. The number of rotatable bonds is 3. The van der Waals surface area contributed by atoms with E-state index in [0.29, 0.717) is 11.7 Å². The van der Waals surface area contributed by atoms with Crippen molar-refractivity contribution in [2.24, 2.45) is 0 Å². The highest BCUT2D eigenvalue weighted by Crippen LogP contribution is 2.19. The van der Waals surface area contributed by atoms with E-state index in [9.17, 15) is 4.79 Å². The zero-order valence-corrected chi connectivity index (χ0v) is 12.3. The van der Waals surface area contributed by atoms with E-state index in [1.165, 1.54) is 12.8 Å². The van der Waals surface area contributed by atoms with Crippen molar-refractivity contribution in [3.05, 3.63) is 23.9 Å². The third kappa shape index (κ3) is 2.47. The molecule has 1 atom stereocenters. The van der Waals surface area contributed by atoms with Gasteiger partial charge >= 0.3 is 0 Å². The zero-order chi connectivity index (χ0) is 14.1. The molecule has 5 nitrogen and oxygen atoms in total. The number of aromatic nitrogens is 1. The maximum Gasteiger partial charge on any atom is 0.251 e. The minimum absolute atomic E-state index is 0.0265. The maximum atomic E-state index is 11.9. The Kier molecular flexibility index (Phi) is 3.56. The van der Waals surface area contributed by atoms with Gasteiger partial charge in [-0.05, 0) is 43.6 Å². The van der Waals surface area contributed by atoms with E-state index in [-0.39, 0.29) is 11.9 Å². The zero-order valence-electron chi connectivity index (χ0n) is 11.5. The average Bonchev–Trinajstić information content (AvgIpc) is 3.05. The molecular weight excluding hydrogens is 272 g/mol. The summed E-state index contributed by atoms with van der Waals surface area (Å²) in [6.07, 6.45) is 4.32. The van der Waals surface area contributed by atoms with Crippen LogP contribution in [0.4, 0.5) is 5.82 Å². The monoisotopic (exact) mass is 290 g/mol. The van der Waals surface area contributed by atoms with Gasteiger partial charge < -0.3 is 10.2 Å². The summed E-state index contributed by atoms with van der Waals surface area (Å²) < 4.78 is 0. The summed E-state index contributed by atoms with van der Waals surface area (Å²) in [7, 11) is 0. The highest BCUT2D eigenvalue weighted by atomic mass is 32.1. The van der Waals surface area contributed by atoms with Gasteiger partial charge in [0.1, 0.15) is 11.9 Å². The van der Waals surface area contributed by atoms with Crippen molar-refractivity contribution in [1.82, 2.24) is 15.2 Å². The Balaban J connectivity index is 1.69. The summed E-state index contributed by atoms with van der Waals surface area (Å²) in [5.74, 6) is 1.05. The second-order valence-corrected chi connectivity index (χ2v) is 5.70. The van der Waals surface area contributed by atoms with E-state index in [0.717, 1.165) is 24.5 Å². The van der Waals surface area contributed by atoms with Crippen molar-refractivity contribution in [2.75, 3.05) is 18.0 Å². The van der Waals surface area contributed by atoms with Crippen LogP contribution < -0.4 is 10.2 Å². The van der Waals surface area contributed by atoms with Gasteiger partial charge in [0.25, 0.3) is 5.91 Å². The number of nitrogens with zero attached hydrogens (tertiary/aromatic N) is 3. The Morgan fingerprint density at radius 1 is 1.40 bits per heavy atom. The lowest BCUT2D eigenvalue weighted by molar-refractivity contribution is -0.127. The van der Waals surface area contributed by atoms with Gasteiger partial charge in [0, 0.05) is 19.3 Å². The molecule has 0 unspecified atom stereocenters. The molecule has 0 aliphatic carbocycles. The van der Waals surface area contributed by atoms with Gasteiger partial charge in [0.2, 0.25) is 0 Å². The molecule has 2 fully saturated rings. The summed E-state index contributed by atoms with van der Waals surface area (Å²) in [5, 5.41) is 3.48. The van der Waals surface area contributed by atoms with Crippen LogP contribution in [0.3, 0.4) is 0 Å². The van der Waals surface area contributed by atoms with Gasteiger partial charge in [0.15, 0.2) is 5.11 Å². The lowest BCUT2D eigenvalue weighted by atomic mass is 10.2. The second kappa shape index (κ2) is 5.36. The molecule has 0 aromatic carbocycles. The van der Waals surface area contributed by atoms with Crippen molar-refractivity contribution >= 4 is 29.1 Å². The number of thiocarbonyl (C=S) groups is 1. The first-order valence-electron chi connectivity index (χ1n) is 6.97. The van der Waals surface area contributed by atoms with Gasteiger partial charge in [-0.2, -0.15) is 0 Å². The Morgan fingerprint density at radius 3 is 2.70 bits per heavy atom. The minimum Gasteiger partial charge on any atom is -0.357 e. The summed E-state index contributed by atoms with van der Waals surface area (Å²) in [6, 6.07) is 3.83. The van der Waals surface area contributed by atoms with Crippen LogP contribution in [-0.2, 0) is 11.3 Å². The highest BCUT2D eigenvalue weighted by molar-refractivity contribution is 7.80. The molecule has 1 aromatic heterocycles. The van der Waals surface area contributed by atoms with Gasteiger partial charge in [0.05, 0.1) is 6.54 Å². The van der Waals surface area contributed by atoms with Crippen molar-refractivity contribution in [3.8, 4) is 0 Å². The predicted molar refractivity (Wildman–Crippen MR) is 81.4 cm³/mol. The van der Waals surface area contributed by atoms with Crippen LogP contribution in [0.15, 0.2) is 18.3 Å². The predicted octanol–water partition coefficient (Wildman–Crippen LogP) is 1.29. The molecule has 0 bridgehead atoms. The number of nitrogens with one attached hydrogen (secondary N) is 1. The molecule has 6 heteroatoms. The Labute approximate surface area is 124 Å². The molecule has 2 aliphatic rings. The molecule has 0 radical (unpaired) electrons. The number of pyridine rings is 1. The largest absolute Gasteiger partial charge is 0.357 e. The summed E-state index contributed by atoms with van der Waals surface area (Å²) >= 11 is 5.17. The summed E-state index contributed by atoms with van der Waals surface area (Å²) in [6.45, 7) is 4.48. The van der Waals surface area contributed by atoms with Crippen LogP contribution in [0.5, 0.6) is 0 Å². The molecule has 106 valence electrons. The first kappa shape index (κ1) is 13.3. The fraction of sp³-hybridized carbons (Fsp3) is 0.500. The van der Waals surface area contributed by atoms with Crippen molar-refractivity contribution in [2.45, 2.75) is 32.4 Å². The van der Waals surface area contributed by atoms with Crippen molar-refractivity contribution < 1.29 is 4.79 Å². The van der Waals surface area contributed by atoms with Gasteiger partial charge in [-0.25, -0.2) is 4.98 Å². The quantitative estimate of drug-likeness (QED) is 0.850. The third-order valence-corrected chi connectivity index (χ3v) is 4.14. The Morgan fingerprint density at radius 2 is 2.15 bits per heavy atom. The molecule has 20 heavy (non-hydrogen) atoms. The van der Waals surface area contributed by atoms with Crippen molar-refractivity contribution in [1.29, 1.82) is 0 Å². The van der Waals surface area contributed by atoms with E-state index in [2.05, 4.69) is 15.2 Å². The lowest BCUT2D eigenvalue weighted by Gasteiger charge is -2.18. The number of carbonyl (C=O) groups excluding carboxylic acids is 1. The Hall–Kier alpha value is -1.69. The van der Waals surface area contributed by atoms with E-state index in [1.54, 1.807) is 4.90 Å². The van der Waals surface area contributed by atoms with Crippen LogP contribution in [-0.4, -0.2) is 40.0 Å². The fourth-order valence-corrected chi connectivity index (χ4v) is 2.97. The van der Waals surface area contributed by atoms with Crippen molar-refractivity contribution in [3.63, 3.8) is 0 Å². The summed E-state index contributed by atoms with van der Waals surface area (Å²) in [5.41, 5.74) is 1.000. The molecule has 0 spiro atoms. The molecule has 0 saturated carbocycles. The number of anilines is 1. The Bertz CT molecular complexity index is 524. The van der Waals surface area contributed by atoms with E-state index < -0.39 is 0 Å². The molecular formula is C14H18N4OS. The van der Waals surface area contributed by atoms with E-state index in [4.69, 9.17) is 12.2 Å². The maximum absolute atomic E-state index is 11.9. The normalized spacial score (nSPS) is 22.6. The molecule has 3 heterocycles. The smallest absolute Gasteiger partial charge is 0.251 e. The number of amides is 1. The number of hydrogen-bond donors (Lipinski definition) is 1. The lowest BCUT2D eigenvalue weighted by Crippen LogP contribution is -2.30. The van der Waals surface area contributed by atoms with Crippen LogP contribution >= 0.6 is 12.2 Å². The second-order valence-electron chi connectivity index (χ2n) is 5.31. The van der Waals surface area contributed by atoms with Gasteiger partial charge in [-0.1, -0.05) is 6.07 Å². The van der Waals surface area contributed by atoms with Crippen LogP contribution in [0.2, 0.25) is 0 Å². The van der Waals surface area contributed by atoms with Crippen LogP contribution in [0.25, 0.3) is 0 Å². The highest BCUT2D eigenvalue weighted by Gasteiger charge is 2.31.